The average molecular weight is 286 g/mol. The highest BCUT2D eigenvalue weighted by atomic mass is 16.5. The highest BCUT2D eigenvalue weighted by molar-refractivity contribution is 5.82. The summed E-state index contributed by atoms with van der Waals surface area (Å²) in [6.07, 6.45) is 0.929. The summed E-state index contributed by atoms with van der Waals surface area (Å²) in [7, 11) is 0. The molecule has 6 heteroatoms. The van der Waals surface area contributed by atoms with Gasteiger partial charge in [0.25, 0.3) is 0 Å². The van der Waals surface area contributed by atoms with Crippen LogP contribution in [0.25, 0.3) is 0 Å². The monoisotopic (exact) mass is 286 g/mol. The maximum Gasteiger partial charge on any atom is 0.323 e. The van der Waals surface area contributed by atoms with Gasteiger partial charge in [-0.3, -0.25) is 14.9 Å². The Morgan fingerprint density at radius 2 is 1.75 bits per heavy atom. The predicted octanol–water partition coefficient (Wildman–Crippen LogP) is 0.855. The van der Waals surface area contributed by atoms with E-state index in [1.54, 1.807) is 4.90 Å². The average Bonchev–Trinajstić information content (AvgIpc) is 2.38. The molecule has 0 aromatic heterocycles. The number of hydrogen-bond acceptors (Lipinski definition) is 4. The number of morpholine rings is 1. The van der Waals surface area contributed by atoms with Gasteiger partial charge in [-0.1, -0.05) is 13.8 Å². The van der Waals surface area contributed by atoms with E-state index in [-0.39, 0.29) is 24.7 Å². The van der Waals surface area contributed by atoms with Gasteiger partial charge in [0, 0.05) is 13.1 Å². The van der Waals surface area contributed by atoms with Gasteiger partial charge in [0.05, 0.1) is 18.8 Å². The summed E-state index contributed by atoms with van der Waals surface area (Å²) >= 11 is 0. The van der Waals surface area contributed by atoms with Crippen LogP contribution >= 0.6 is 0 Å². The number of carboxylic acid groups (broad SMARTS) is 1. The van der Waals surface area contributed by atoms with Crippen molar-refractivity contribution in [3.05, 3.63) is 0 Å². The number of hydrogen-bond donors (Lipinski definition) is 2. The third-order valence-corrected chi connectivity index (χ3v) is 3.97. The molecule has 0 aromatic carbocycles. The number of rotatable bonds is 6. The minimum atomic E-state index is -1.01. The maximum absolute atomic E-state index is 12.2. The van der Waals surface area contributed by atoms with Crippen molar-refractivity contribution in [1.82, 2.24) is 10.2 Å². The van der Waals surface area contributed by atoms with E-state index in [2.05, 4.69) is 5.32 Å². The third-order valence-electron chi connectivity index (χ3n) is 3.97. The molecule has 0 saturated carbocycles. The van der Waals surface area contributed by atoms with E-state index in [9.17, 15) is 14.7 Å². The fraction of sp³-hybridized carbons (Fsp3) is 0.857. The van der Waals surface area contributed by atoms with Crippen LogP contribution in [-0.4, -0.2) is 59.3 Å². The lowest BCUT2D eigenvalue weighted by atomic mass is 9.93. The van der Waals surface area contributed by atoms with Crippen molar-refractivity contribution in [2.75, 3.05) is 19.6 Å². The largest absolute Gasteiger partial charge is 0.480 e. The number of nitrogens with one attached hydrogen (secondary N) is 1. The van der Waals surface area contributed by atoms with Crippen LogP contribution in [0.3, 0.4) is 0 Å². The van der Waals surface area contributed by atoms with E-state index in [0.29, 0.717) is 25.9 Å². The van der Waals surface area contributed by atoms with Gasteiger partial charge in [0.1, 0.15) is 5.54 Å². The molecule has 1 aliphatic rings. The first-order valence-electron chi connectivity index (χ1n) is 7.26. The van der Waals surface area contributed by atoms with Crippen molar-refractivity contribution >= 4 is 11.9 Å². The molecule has 1 amide bonds. The van der Waals surface area contributed by atoms with Gasteiger partial charge in [-0.05, 0) is 26.7 Å². The Morgan fingerprint density at radius 3 is 2.15 bits per heavy atom. The fourth-order valence-corrected chi connectivity index (χ4v) is 2.62. The van der Waals surface area contributed by atoms with E-state index >= 15 is 0 Å². The second-order valence-corrected chi connectivity index (χ2v) is 5.50. The summed E-state index contributed by atoms with van der Waals surface area (Å²) < 4.78 is 5.58. The minimum absolute atomic E-state index is 0.0179. The second kappa shape index (κ2) is 7.04. The molecule has 0 radical (unpaired) electrons. The molecule has 0 aromatic rings. The molecule has 0 spiro atoms. The molecule has 116 valence electrons. The van der Waals surface area contributed by atoms with Gasteiger partial charge in [0.2, 0.25) is 5.91 Å². The molecule has 1 fully saturated rings. The second-order valence-electron chi connectivity index (χ2n) is 5.50. The van der Waals surface area contributed by atoms with E-state index in [0.717, 1.165) is 0 Å². The van der Waals surface area contributed by atoms with Crippen molar-refractivity contribution < 1.29 is 19.4 Å². The summed E-state index contributed by atoms with van der Waals surface area (Å²) in [6.45, 7) is 8.66. The Morgan fingerprint density at radius 1 is 1.25 bits per heavy atom. The predicted molar refractivity (Wildman–Crippen MR) is 75.5 cm³/mol. The Kier molecular flexibility index (Phi) is 5.95. The van der Waals surface area contributed by atoms with Crippen molar-refractivity contribution in [2.45, 2.75) is 58.3 Å². The number of carbonyl (C=O) groups excluding carboxylic acids is 1. The van der Waals surface area contributed by atoms with Gasteiger partial charge < -0.3 is 14.7 Å². The molecule has 1 heterocycles. The van der Waals surface area contributed by atoms with Crippen LogP contribution in [0.4, 0.5) is 0 Å². The molecule has 1 rings (SSSR count). The zero-order valence-electron chi connectivity index (χ0n) is 12.8. The number of nitrogens with zero attached hydrogens (tertiary/aromatic N) is 1. The number of aliphatic carboxylic acids is 1. The Hall–Kier alpha value is -1.14. The molecule has 2 unspecified atom stereocenters. The standard InChI is InChI=1S/C14H26N2O4/c1-5-14(6-2,13(18)19)15-7-12(17)16-8-10(3)20-11(4)9-16/h10-11,15H,5-9H2,1-4H3,(H,18,19). The molecule has 20 heavy (non-hydrogen) atoms. The summed E-state index contributed by atoms with van der Waals surface area (Å²) in [5, 5.41) is 12.3. The van der Waals surface area contributed by atoms with Gasteiger partial charge in [-0.25, -0.2) is 0 Å². The van der Waals surface area contributed by atoms with Crippen LogP contribution in [0.1, 0.15) is 40.5 Å². The van der Waals surface area contributed by atoms with Crippen molar-refractivity contribution in [2.24, 2.45) is 0 Å². The minimum Gasteiger partial charge on any atom is -0.480 e. The number of amides is 1. The summed E-state index contributed by atoms with van der Waals surface area (Å²) in [5.41, 5.74) is -1.01. The van der Waals surface area contributed by atoms with Gasteiger partial charge >= 0.3 is 5.97 Å². The van der Waals surface area contributed by atoms with Crippen LogP contribution in [-0.2, 0) is 14.3 Å². The fourth-order valence-electron chi connectivity index (χ4n) is 2.62. The number of carbonyl (C=O) groups is 2. The van der Waals surface area contributed by atoms with Crippen molar-refractivity contribution in [3.8, 4) is 0 Å². The van der Waals surface area contributed by atoms with E-state index < -0.39 is 11.5 Å². The summed E-state index contributed by atoms with van der Waals surface area (Å²) in [6, 6.07) is 0. The highest BCUT2D eigenvalue weighted by Gasteiger charge is 2.35. The summed E-state index contributed by atoms with van der Waals surface area (Å²) in [4.78, 5) is 25.3. The molecule has 6 nitrogen and oxygen atoms in total. The van der Waals surface area contributed by atoms with Crippen LogP contribution in [0.15, 0.2) is 0 Å². The van der Waals surface area contributed by atoms with E-state index in [1.807, 2.05) is 27.7 Å². The van der Waals surface area contributed by atoms with Crippen LogP contribution < -0.4 is 5.32 Å². The number of ether oxygens (including phenoxy) is 1. The summed E-state index contributed by atoms with van der Waals surface area (Å²) in [5.74, 6) is -0.974. The SMILES string of the molecule is CCC(CC)(NCC(=O)N1CC(C)OC(C)C1)C(=O)O. The molecule has 0 aliphatic carbocycles. The quantitative estimate of drug-likeness (QED) is 0.757. The zero-order valence-corrected chi connectivity index (χ0v) is 12.8. The molecular formula is C14H26N2O4. The molecule has 0 bridgehead atoms. The van der Waals surface area contributed by atoms with Gasteiger partial charge in [-0.2, -0.15) is 0 Å². The van der Waals surface area contributed by atoms with E-state index in [4.69, 9.17) is 4.74 Å². The first kappa shape index (κ1) is 16.9. The first-order valence-corrected chi connectivity index (χ1v) is 7.26. The lowest BCUT2D eigenvalue weighted by molar-refractivity contribution is -0.147. The van der Waals surface area contributed by atoms with Gasteiger partial charge in [0.15, 0.2) is 0 Å². The Labute approximate surface area is 120 Å². The lowest BCUT2D eigenvalue weighted by Gasteiger charge is -2.36. The van der Waals surface area contributed by atoms with Crippen LogP contribution in [0.5, 0.6) is 0 Å². The van der Waals surface area contributed by atoms with Crippen molar-refractivity contribution in [3.63, 3.8) is 0 Å². The molecular weight excluding hydrogens is 260 g/mol. The number of carboxylic acids is 1. The lowest BCUT2D eigenvalue weighted by Crippen LogP contribution is -2.56. The van der Waals surface area contributed by atoms with Gasteiger partial charge in [-0.15, -0.1) is 0 Å². The first-order chi connectivity index (χ1) is 9.34. The highest BCUT2D eigenvalue weighted by Crippen LogP contribution is 2.16. The topological polar surface area (TPSA) is 78.9 Å². The molecule has 1 saturated heterocycles. The van der Waals surface area contributed by atoms with Crippen LogP contribution in [0.2, 0.25) is 0 Å². The third kappa shape index (κ3) is 3.93. The zero-order chi connectivity index (χ0) is 15.3. The Balaban J connectivity index is 2.59. The molecule has 2 atom stereocenters. The van der Waals surface area contributed by atoms with E-state index in [1.165, 1.54) is 0 Å². The smallest absolute Gasteiger partial charge is 0.323 e. The van der Waals surface area contributed by atoms with Crippen molar-refractivity contribution in [1.29, 1.82) is 0 Å². The maximum atomic E-state index is 12.2. The Bertz CT molecular complexity index is 345. The normalized spacial score (nSPS) is 23.7. The van der Waals surface area contributed by atoms with Crippen LogP contribution in [0, 0.1) is 0 Å². The molecule has 2 N–H and O–H groups in total. The molecule has 1 aliphatic heterocycles.